The quantitative estimate of drug-likeness (QED) is 0.267. The van der Waals surface area contributed by atoms with Crippen LogP contribution in [0.25, 0.3) is 0 Å². The number of amides is 1. The van der Waals surface area contributed by atoms with Gasteiger partial charge in [-0.15, -0.1) is 0 Å². The van der Waals surface area contributed by atoms with Crippen LogP contribution in [0.4, 0.5) is 5.69 Å². The highest BCUT2D eigenvalue weighted by atomic mass is 16.5. The summed E-state index contributed by atoms with van der Waals surface area (Å²) in [5.41, 5.74) is 2.73. The molecule has 0 aromatic heterocycles. The lowest BCUT2D eigenvalue weighted by Crippen LogP contribution is -2.48. The fraction of sp³-hybridized carbons (Fsp3) is 0.531. The zero-order chi connectivity index (χ0) is 30.2. The fourth-order valence-corrected chi connectivity index (χ4v) is 5.84. The van der Waals surface area contributed by atoms with Crippen molar-refractivity contribution in [1.29, 1.82) is 10.8 Å². The highest BCUT2D eigenvalue weighted by Gasteiger charge is 2.27. The zero-order valence-electron chi connectivity index (χ0n) is 25.6. The molecule has 42 heavy (non-hydrogen) atoms. The molecule has 4 N–H and O–H groups in total. The molecule has 2 aromatic rings. The Labute approximate surface area is 250 Å². The number of aryl methyl sites for hydroxylation is 1. The average Bonchev–Trinajstić information content (AvgIpc) is 3.00. The number of phenolic OH excluding ortho intramolecular Hbond substituents is 1. The summed E-state index contributed by atoms with van der Waals surface area (Å²) in [4.78, 5) is 21.6. The van der Waals surface area contributed by atoms with Crippen molar-refractivity contribution in [2.45, 2.75) is 39.7 Å². The minimum Gasteiger partial charge on any atom is -0.508 e. The van der Waals surface area contributed by atoms with Crippen LogP contribution in [0.1, 0.15) is 43.4 Å². The highest BCUT2D eigenvalue weighted by molar-refractivity contribution is 6.48. The Morgan fingerprint density at radius 1 is 1.02 bits per heavy atom. The molecular formula is C32H47N7O3. The molecule has 2 aliphatic heterocycles. The number of piperidine rings is 1. The van der Waals surface area contributed by atoms with Gasteiger partial charge in [0.2, 0.25) is 0 Å². The van der Waals surface area contributed by atoms with E-state index < -0.39 is 5.91 Å². The molecule has 10 heteroatoms. The first-order valence-corrected chi connectivity index (χ1v) is 15.1. The molecule has 2 aliphatic rings. The number of methoxy groups -OCH3 is 1. The summed E-state index contributed by atoms with van der Waals surface area (Å²) >= 11 is 0. The van der Waals surface area contributed by atoms with E-state index in [2.05, 4.69) is 27.1 Å². The third-order valence-corrected chi connectivity index (χ3v) is 8.46. The van der Waals surface area contributed by atoms with Gasteiger partial charge in [-0.25, -0.2) is 0 Å². The molecule has 0 unspecified atom stereocenters. The smallest absolute Gasteiger partial charge is 0.287 e. The summed E-state index contributed by atoms with van der Waals surface area (Å²) < 4.78 is 5.47. The van der Waals surface area contributed by atoms with Gasteiger partial charge in [0.25, 0.3) is 5.91 Å². The molecule has 2 fully saturated rings. The molecule has 10 nitrogen and oxygen atoms in total. The largest absolute Gasteiger partial charge is 0.508 e. The van der Waals surface area contributed by atoms with Crippen molar-refractivity contribution in [2.75, 3.05) is 71.4 Å². The molecule has 228 valence electrons. The molecule has 0 aliphatic carbocycles. The second-order valence-corrected chi connectivity index (χ2v) is 11.4. The molecule has 2 aromatic carbocycles. The van der Waals surface area contributed by atoms with Crippen LogP contribution in [0.2, 0.25) is 0 Å². The summed E-state index contributed by atoms with van der Waals surface area (Å²) in [6.07, 6.45) is 3.16. The first kappa shape index (κ1) is 31.5. The van der Waals surface area contributed by atoms with E-state index in [0.29, 0.717) is 35.5 Å². The van der Waals surface area contributed by atoms with E-state index >= 15 is 0 Å². The summed E-state index contributed by atoms with van der Waals surface area (Å²) in [6.45, 7) is 12.8. The zero-order valence-corrected chi connectivity index (χ0v) is 25.6. The average molecular weight is 578 g/mol. The number of anilines is 1. The highest BCUT2D eigenvalue weighted by Crippen LogP contribution is 2.31. The number of rotatable bonds is 9. The molecule has 2 heterocycles. The number of benzene rings is 2. The van der Waals surface area contributed by atoms with Crippen molar-refractivity contribution < 1.29 is 14.6 Å². The van der Waals surface area contributed by atoms with Crippen molar-refractivity contribution in [3.63, 3.8) is 0 Å². The van der Waals surface area contributed by atoms with Gasteiger partial charge in [0, 0.05) is 57.6 Å². The lowest BCUT2D eigenvalue weighted by molar-refractivity contribution is -0.114. The van der Waals surface area contributed by atoms with Gasteiger partial charge in [-0.1, -0.05) is 19.1 Å². The lowest BCUT2D eigenvalue weighted by Gasteiger charge is -2.38. The Morgan fingerprint density at radius 2 is 1.67 bits per heavy atom. The number of likely N-dealkylation sites (N-methyl/N-ethyl adjacent to an activating group) is 1. The number of nitrogens with zero attached hydrogens (tertiary/aromatic N) is 4. The van der Waals surface area contributed by atoms with Gasteiger partial charge in [0.05, 0.1) is 12.7 Å². The second-order valence-electron chi connectivity index (χ2n) is 11.4. The van der Waals surface area contributed by atoms with Crippen LogP contribution in [-0.2, 0) is 17.8 Å². The van der Waals surface area contributed by atoms with E-state index in [1.54, 1.807) is 13.0 Å². The Kier molecular flexibility index (Phi) is 11.0. The first-order chi connectivity index (χ1) is 20.2. The van der Waals surface area contributed by atoms with Crippen molar-refractivity contribution >= 4 is 23.3 Å². The van der Waals surface area contributed by atoms with E-state index in [1.165, 1.54) is 50.6 Å². The fourth-order valence-electron chi connectivity index (χ4n) is 5.84. The number of nitrogens with one attached hydrogen (secondary N) is 3. The number of likely N-dealkylation sites (tertiary alicyclic amines) is 1. The number of carbonyl (C=O) groups excluding carboxylic acids is 1. The predicted molar refractivity (Wildman–Crippen MR) is 168 cm³/mol. The van der Waals surface area contributed by atoms with E-state index in [9.17, 15) is 9.90 Å². The van der Waals surface area contributed by atoms with E-state index in [-0.39, 0.29) is 17.4 Å². The van der Waals surface area contributed by atoms with Crippen molar-refractivity contribution in [2.24, 2.45) is 5.92 Å². The van der Waals surface area contributed by atoms with Crippen molar-refractivity contribution in [3.8, 4) is 11.5 Å². The minimum atomic E-state index is -0.571. The van der Waals surface area contributed by atoms with Crippen LogP contribution in [0.15, 0.2) is 36.4 Å². The number of ether oxygens (including phenoxy) is 1. The summed E-state index contributed by atoms with van der Waals surface area (Å²) in [5, 5.41) is 30.8. The van der Waals surface area contributed by atoms with E-state index in [1.807, 2.05) is 31.2 Å². The molecule has 0 radical (unpaired) electrons. The number of carbonyl (C=O) groups is 1. The van der Waals surface area contributed by atoms with Crippen LogP contribution >= 0.6 is 0 Å². The molecule has 4 rings (SSSR count). The Bertz CT molecular complexity index is 1230. The second kappa shape index (κ2) is 14.6. The molecule has 0 saturated carbocycles. The monoisotopic (exact) mass is 577 g/mol. The minimum absolute atomic E-state index is 0.0775. The van der Waals surface area contributed by atoms with Gasteiger partial charge in [-0.3, -0.25) is 25.4 Å². The van der Waals surface area contributed by atoms with Crippen LogP contribution in [-0.4, -0.2) is 104 Å². The van der Waals surface area contributed by atoms with Gasteiger partial charge in [0.15, 0.2) is 5.84 Å². The molecule has 1 amide bonds. The number of aromatic hydroxyl groups is 1. The van der Waals surface area contributed by atoms with Gasteiger partial charge >= 0.3 is 0 Å². The summed E-state index contributed by atoms with van der Waals surface area (Å²) in [6, 6.07) is 10.9. The first-order valence-electron chi connectivity index (χ1n) is 15.1. The van der Waals surface area contributed by atoms with Gasteiger partial charge in [0.1, 0.15) is 17.3 Å². The maximum atomic E-state index is 12.8. The molecule has 0 spiro atoms. The predicted octanol–water partition coefficient (Wildman–Crippen LogP) is 3.37. The van der Waals surface area contributed by atoms with Crippen LogP contribution in [0.5, 0.6) is 11.5 Å². The Hall–Kier alpha value is -3.47. The normalized spacial score (nSPS) is 17.1. The van der Waals surface area contributed by atoms with Crippen LogP contribution < -0.4 is 15.0 Å². The van der Waals surface area contributed by atoms with Crippen molar-refractivity contribution in [3.05, 3.63) is 53.1 Å². The van der Waals surface area contributed by atoms with Crippen LogP contribution in [0, 0.1) is 16.7 Å². The molecule has 0 bridgehead atoms. The Balaban J connectivity index is 1.46. The van der Waals surface area contributed by atoms with Crippen molar-refractivity contribution in [1.82, 2.24) is 20.0 Å². The summed E-state index contributed by atoms with van der Waals surface area (Å²) in [7, 11) is 3.69. The molecule has 0 atom stereocenters. The third-order valence-electron chi connectivity index (χ3n) is 8.46. The van der Waals surface area contributed by atoms with Crippen LogP contribution in [0.3, 0.4) is 0 Å². The molecule has 2 saturated heterocycles. The van der Waals surface area contributed by atoms with Gasteiger partial charge < -0.3 is 25.0 Å². The number of amidine groups is 2. The maximum absolute atomic E-state index is 12.8. The standard InChI is InChI=1S/C32H47N7O3/c1-5-25-19-27(29(42-4)20-28(25)40)30(33)39(31(34)32(41)35-6-2)26-9-7-23(8-10-26)21-37-15-17-38(18-16-37)22-24-11-13-36(3)14-12-24/h7-10,19-20,24,33-34,40H,5-6,11-18,21-22H2,1-4H3,(H,35,41). The number of phenols is 1. The Morgan fingerprint density at radius 3 is 2.26 bits per heavy atom. The van der Waals surface area contributed by atoms with E-state index in [4.69, 9.17) is 15.6 Å². The van der Waals surface area contributed by atoms with Gasteiger partial charge in [-0.2, -0.15) is 0 Å². The SMILES string of the molecule is CCNC(=O)C(=N)N(C(=N)c1cc(CC)c(O)cc1OC)c1ccc(CN2CCN(CC3CCN(C)CC3)CC2)cc1. The third kappa shape index (κ3) is 7.67. The summed E-state index contributed by atoms with van der Waals surface area (Å²) in [5.74, 6) is 0.196. The number of piperazine rings is 1. The number of hydrogen-bond acceptors (Lipinski definition) is 8. The topological polar surface area (TPSA) is 119 Å². The lowest BCUT2D eigenvalue weighted by atomic mass is 9.96. The number of hydrogen-bond donors (Lipinski definition) is 4. The molecular weight excluding hydrogens is 530 g/mol. The maximum Gasteiger partial charge on any atom is 0.287 e. The van der Waals surface area contributed by atoms with E-state index in [0.717, 1.165) is 44.2 Å². The van der Waals surface area contributed by atoms with Gasteiger partial charge in [-0.05, 0) is 81.6 Å².